The highest BCUT2D eigenvalue weighted by Crippen LogP contribution is 2.47. The van der Waals surface area contributed by atoms with Crippen molar-refractivity contribution in [1.29, 1.82) is 0 Å². The molecule has 2 aliphatic heterocycles. The van der Waals surface area contributed by atoms with E-state index in [1.807, 2.05) is 0 Å². The third kappa shape index (κ3) is 5.02. The lowest BCUT2D eigenvalue weighted by Gasteiger charge is -2.39. The van der Waals surface area contributed by atoms with Gasteiger partial charge in [0, 0.05) is 43.2 Å². The number of aldehydes is 1. The number of nitrogens with zero attached hydrogens (tertiary/aromatic N) is 1. The number of halogens is 3. The van der Waals surface area contributed by atoms with E-state index in [4.69, 9.17) is 39.5 Å². The van der Waals surface area contributed by atoms with Gasteiger partial charge in [-0.25, -0.2) is 0 Å². The van der Waals surface area contributed by atoms with E-state index in [-0.39, 0.29) is 17.9 Å². The van der Waals surface area contributed by atoms with Gasteiger partial charge in [-0.3, -0.25) is 0 Å². The molecular weight excluding hydrogens is 477 g/mol. The van der Waals surface area contributed by atoms with Crippen molar-refractivity contribution in [3.63, 3.8) is 0 Å². The number of piperidine rings is 1. The Morgan fingerprint density at radius 3 is 2.52 bits per heavy atom. The number of fused-ring (bicyclic) bond motifs is 2. The molecule has 2 aromatic carbocycles. The largest absolute Gasteiger partial charge is 0.492 e. The molecular formula is C23H24Cl3NO3S. The fourth-order valence-corrected chi connectivity index (χ4v) is 6.45. The zero-order valence-corrected chi connectivity index (χ0v) is 20.0. The Bertz CT molecular complexity index is 940. The van der Waals surface area contributed by atoms with Crippen molar-refractivity contribution < 1.29 is 14.6 Å². The van der Waals surface area contributed by atoms with E-state index in [0.29, 0.717) is 34.0 Å². The molecule has 1 saturated heterocycles. The molecule has 0 aromatic heterocycles. The van der Waals surface area contributed by atoms with Gasteiger partial charge in [-0.05, 0) is 55.8 Å². The Labute approximate surface area is 201 Å². The molecule has 0 radical (unpaired) electrons. The van der Waals surface area contributed by atoms with Crippen molar-refractivity contribution >= 4 is 52.9 Å². The molecule has 1 unspecified atom stereocenters. The Morgan fingerprint density at radius 2 is 1.87 bits per heavy atom. The number of ether oxygens (including phenoxy) is 1. The summed E-state index contributed by atoms with van der Waals surface area (Å²) >= 11 is 20.3. The zero-order valence-electron chi connectivity index (χ0n) is 17.0. The summed E-state index contributed by atoms with van der Waals surface area (Å²) in [6.07, 6.45) is 2.82. The molecule has 1 spiro atoms. The lowest BCUT2D eigenvalue weighted by atomic mass is 9.74. The number of benzene rings is 2. The van der Waals surface area contributed by atoms with Crippen LogP contribution in [0, 0.1) is 5.92 Å². The second kappa shape index (κ2) is 9.90. The molecule has 31 heavy (non-hydrogen) atoms. The first-order chi connectivity index (χ1) is 14.9. The van der Waals surface area contributed by atoms with Crippen LogP contribution in [-0.2, 0) is 16.0 Å². The summed E-state index contributed by atoms with van der Waals surface area (Å²) in [4.78, 5) is 14.4. The van der Waals surface area contributed by atoms with Crippen molar-refractivity contribution in [1.82, 2.24) is 4.90 Å². The third-order valence-corrected chi connectivity index (χ3v) is 8.16. The summed E-state index contributed by atoms with van der Waals surface area (Å²) < 4.78 is 6.11. The summed E-state index contributed by atoms with van der Waals surface area (Å²) in [5, 5.41) is 11.0. The van der Waals surface area contributed by atoms with Crippen LogP contribution in [0.3, 0.4) is 0 Å². The second-order valence-electron chi connectivity index (χ2n) is 8.24. The van der Waals surface area contributed by atoms with E-state index in [1.54, 1.807) is 23.9 Å². The smallest absolute Gasteiger partial charge is 0.126 e. The van der Waals surface area contributed by atoms with E-state index in [9.17, 15) is 9.90 Å². The minimum atomic E-state index is -0.302. The average molecular weight is 501 g/mol. The van der Waals surface area contributed by atoms with E-state index in [2.05, 4.69) is 23.1 Å². The molecule has 2 aromatic rings. The topological polar surface area (TPSA) is 49.8 Å². The van der Waals surface area contributed by atoms with Crippen molar-refractivity contribution in [3.8, 4) is 5.75 Å². The summed E-state index contributed by atoms with van der Waals surface area (Å²) in [6, 6.07) is 9.86. The minimum absolute atomic E-state index is 0.0354. The zero-order chi connectivity index (χ0) is 22.0. The van der Waals surface area contributed by atoms with Crippen molar-refractivity contribution in [2.45, 2.75) is 28.9 Å². The van der Waals surface area contributed by atoms with Gasteiger partial charge in [0.1, 0.15) is 12.0 Å². The maximum absolute atomic E-state index is 11.0. The van der Waals surface area contributed by atoms with Gasteiger partial charge in [-0.1, -0.05) is 40.9 Å². The molecule has 1 fully saturated rings. The molecule has 2 aliphatic rings. The van der Waals surface area contributed by atoms with Crippen LogP contribution >= 0.6 is 46.6 Å². The summed E-state index contributed by atoms with van der Waals surface area (Å²) in [7, 11) is 0. The molecule has 0 amide bonds. The predicted octanol–water partition coefficient (Wildman–Crippen LogP) is 5.47. The summed E-state index contributed by atoms with van der Waals surface area (Å²) in [6.45, 7) is 3.02. The monoisotopic (exact) mass is 499 g/mol. The van der Waals surface area contributed by atoms with E-state index >= 15 is 0 Å². The second-order valence-corrected chi connectivity index (χ2v) is 10.5. The fourth-order valence-electron chi connectivity index (χ4n) is 4.36. The van der Waals surface area contributed by atoms with Gasteiger partial charge in [-0.2, -0.15) is 0 Å². The SMILES string of the molecule is O=CC(CO)CN1CCC2(CC1)COc1cc(SCc3c(Cl)cc(Cl)cc3Cl)ccc12. The van der Waals surface area contributed by atoms with Gasteiger partial charge in [-0.15, -0.1) is 11.8 Å². The van der Waals surface area contributed by atoms with Gasteiger partial charge in [0.15, 0.2) is 0 Å². The van der Waals surface area contributed by atoms with Crippen molar-refractivity contribution in [2.75, 3.05) is 32.8 Å². The maximum atomic E-state index is 11.0. The standard InChI is InChI=1S/C23H24Cl3NO3S/c24-16-7-20(25)18(21(26)8-16)13-31-17-1-2-19-22(9-17)30-14-23(19)3-5-27(6-4-23)10-15(11-28)12-29/h1-2,7-9,11,15,29H,3-6,10,12-14H2. The molecule has 1 atom stereocenters. The van der Waals surface area contributed by atoms with E-state index in [1.165, 1.54) is 5.56 Å². The normalized spacial score (nSPS) is 18.6. The van der Waals surface area contributed by atoms with Gasteiger partial charge in [0.2, 0.25) is 0 Å². The highest BCUT2D eigenvalue weighted by Gasteiger charge is 2.43. The first-order valence-corrected chi connectivity index (χ1v) is 12.4. The molecule has 0 saturated carbocycles. The number of carbonyl (C=O) groups is 1. The van der Waals surface area contributed by atoms with Crippen molar-refractivity contribution in [2.24, 2.45) is 5.92 Å². The Hall–Kier alpha value is -0.950. The first-order valence-electron chi connectivity index (χ1n) is 10.3. The van der Waals surface area contributed by atoms with Gasteiger partial charge in [0.25, 0.3) is 0 Å². The van der Waals surface area contributed by atoms with Crippen LogP contribution in [0.15, 0.2) is 35.2 Å². The van der Waals surface area contributed by atoms with E-state index < -0.39 is 0 Å². The molecule has 8 heteroatoms. The van der Waals surface area contributed by atoms with Gasteiger partial charge >= 0.3 is 0 Å². The number of aliphatic hydroxyl groups is 1. The van der Waals surface area contributed by atoms with Gasteiger partial charge in [0.05, 0.1) is 19.1 Å². The number of carbonyl (C=O) groups excluding carboxylic acids is 1. The highest BCUT2D eigenvalue weighted by atomic mass is 35.5. The molecule has 166 valence electrons. The van der Waals surface area contributed by atoms with Crippen LogP contribution in [0.5, 0.6) is 5.75 Å². The van der Waals surface area contributed by atoms with Gasteiger partial charge < -0.3 is 19.5 Å². The lowest BCUT2D eigenvalue weighted by molar-refractivity contribution is -0.112. The molecule has 0 bridgehead atoms. The fraction of sp³-hybridized carbons (Fsp3) is 0.435. The number of rotatable bonds is 7. The summed E-state index contributed by atoms with van der Waals surface area (Å²) in [5.41, 5.74) is 2.18. The quantitative estimate of drug-likeness (QED) is 0.403. The minimum Gasteiger partial charge on any atom is -0.492 e. The number of aliphatic hydroxyl groups excluding tert-OH is 1. The highest BCUT2D eigenvalue weighted by molar-refractivity contribution is 7.98. The number of hydrogen-bond donors (Lipinski definition) is 1. The molecule has 4 rings (SSSR count). The summed E-state index contributed by atoms with van der Waals surface area (Å²) in [5.74, 6) is 1.30. The molecule has 2 heterocycles. The van der Waals surface area contributed by atoms with Crippen LogP contribution in [0.2, 0.25) is 15.1 Å². The Balaban J connectivity index is 1.41. The van der Waals surface area contributed by atoms with Crippen LogP contribution in [0.25, 0.3) is 0 Å². The van der Waals surface area contributed by atoms with E-state index in [0.717, 1.165) is 48.4 Å². The molecule has 4 nitrogen and oxygen atoms in total. The first kappa shape index (κ1) is 23.2. The maximum Gasteiger partial charge on any atom is 0.126 e. The van der Waals surface area contributed by atoms with Crippen molar-refractivity contribution in [3.05, 3.63) is 56.5 Å². The van der Waals surface area contributed by atoms with Crippen LogP contribution < -0.4 is 4.74 Å². The number of likely N-dealkylation sites (tertiary alicyclic amines) is 1. The number of hydrogen-bond acceptors (Lipinski definition) is 5. The third-order valence-electron chi connectivity index (χ3n) is 6.25. The lowest BCUT2D eigenvalue weighted by Crippen LogP contribution is -2.45. The van der Waals surface area contributed by atoms with Crippen LogP contribution in [0.1, 0.15) is 24.0 Å². The van der Waals surface area contributed by atoms with Crippen LogP contribution in [0.4, 0.5) is 0 Å². The molecule has 1 N–H and O–H groups in total. The Kier molecular flexibility index (Phi) is 7.41. The predicted molar refractivity (Wildman–Crippen MR) is 127 cm³/mol. The molecule has 0 aliphatic carbocycles. The van der Waals surface area contributed by atoms with Crippen LogP contribution in [-0.4, -0.2) is 49.1 Å². The number of thioether (sulfide) groups is 1. The average Bonchev–Trinajstić information content (AvgIpc) is 3.10. The Morgan fingerprint density at radius 1 is 1.16 bits per heavy atom.